The average molecular weight is 240 g/mol. The molecular formula is C14H28N2O. The van der Waals surface area contributed by atoms with Crippen molar-refractivity contribution >= 4 is 5.91 Å². The summed E-state index contributed by atoms with van der Waals surface area (Å²) in [5.41, 5.74) is 0.487. The van der Waals surface area contributed by atoms with Crippen molar-refractivity contribution in [1.82, 2.24) is 10.2 Å². The van der Waals surface area contributed by atoms with Crippen molar-refractivity contribution in [1.29, 1.82) is 0 Å². The molecule has 1 saturated carbocycles. The Labute approximate surface area is 106 Å². The highest BCUT2D eigenvalue weighted by molar-refractivity contribution is 5.77. The maximum atomic E-state index is 11.7. The van der Waals surface area contributed by atoms with Crippen LogP contribution >= 0.6 is 0 Å². The minimum Gasteiger partial charge on any atom is -0.345 e. The molecular weight excluding hydrogens is 212 g/mol. The molecule has 1 unspecified atom stereocenters. The Morgan fingerprint density at radius 3 is 2.71 bits per heavy atom. The van der Waals surface area contributed by atoms with Crippen molar-refractivity contribution in [3.63, 3.8) is 0 Å². The van der Waals surface area contributed by atoms with Crippen LogP contribution in [0.25, 0.3) is 0 Å². The second-order valence-electron chi connectivity index (χ2n) is 6.08. The molecule has 1 aliphatic rings. The lowest BCUT2D eigenvalue weighted by atomic mass is 9.85. The van der Waals surface area contributed by atoms with Crippen LogP contribution in [0.2, 0.25) is 0 Å². The Morgan fingerprint density at radius 1 is 1.35 bits per heavy atom. The standard InChI is InChI=1S/C14H28N2O/c1-5-16(4)13(17)11-15-12-7-6-9-14(2,3)10-8-12/h12,15H,5-11H2,1-4H3. The van der Waals surface area contributed by atoms with E-state index in [0.717, 1.165) is 6.54 Å². The highest BCUT2D eigenvalue weighted by Crippen LogP contribution is 2.33. The molecule has 0 saturated heterocycles. The molecule has 1 atom stereocenters. The summed E-state index contributed by atoms with van der Waals surface area (Å²) in [6.07, 6.45) is 6.28. The Hall–Kier alpha value is -0.570. The quantitative estimate of drug-likeness (QED) is 0.765. The van der Waals surface area contributed by atoms with Crippen molar-refractivity contribution in [2.75, 3.05) is 20.1 Å². The van der Waals surface area contributed by atoms with E-state index < -0.39 is 0 Å². The molecule has 17 heavy (non-hydrogen) atoms. The number of likely N-dealkylation sites (N-methyl/N-ethyl adjacent to an activating group) is 1. The third-order valence-electron chi connectivity index (χ3n) is 4.02. The normalized spacial score (nSPS) is 24.1. The zero-order chi connectivity index (χ0) is 12.9. The van der Waals surface area contributed by atoms with E-state index in [9.17, 15) is 4.79 Å². The second kappa shape index (κ2) is 6.39. The fourth-order valence-electron chi connectivity index (χ4n) is 2.41. The van der Waals surface area contributed by atoms with Crippen LogP contribution in [0.5, 0.6) is 0 Å². The Balaban J connectivity index is 2.30. The van der Waals surface area contributed by atoms with Crippen molar-refractivity contribution in [3.05, 3.63) is 0 Å². The van der Waals surface area contributed by atoms with Crippen molar-refractivity contribution in [2.24, 2.45) is 5.41 Å². The number of nitrogens with zero attached hydrogens (tertiary/aromatic N) is 1. The number of rotatable bonds is 4. The van der Waals surface area contributed by atoms with Crippen LogP contribution in [0.3, 0.4) is 0 Å². The first-order valence-corrected chi connectivity index (χ1v) is 6.92. The molecule has 1 rings (SSSR count). The Morgan fingerprint density at radius 2 is 2.06 bits per heavy atom. The number of hydrogen-bond acceptors (Lipinski definition) is 2. The number of carbonyl (C=O) groups excluding carboxylic acids is 1. The molecule has 0 heterocycles. The first-order chi connectivity index (χ1) is 7.94. The van der Waals surface area contributed by atoms with E-state index in [2.05, 4.69) is 19.2 Å². The zero-order valence-electron chi connectivity index (χ0n) is 11.9. The molecule has 0 aliphatic heterocycles. The van der Waals surface area contributed by atoms with Gasteiger partial charge in [0.1, 0.15) is 0 Å². The molecule has 0 bridgehead atoms. The molecule has 3 heteroatoms. The van der Waals surface area contributed by atoms with Crippen LogP contribution in [0, 0.1) is 5.41 Å². The van der Waals surface area contributed by atoms with Gasteiger partial charge in [-0.25, -0.2) is 0 Å². The van der Waals surface area contributed by atoms with Crippen molar-refractivity contribution < 1.29 is 4.79 Å². The molecule has 100 valence electrons. The largest absolute Gasteiger partial charge is 0.345 e. The molecule has 1 aliphatic carbocycles. The van der Waals surface area contributed by atoms with E-state index >= 15 is 0 Å². The fourth-order valence-corrected chi connectivity index (χ4v) is 2.41. The van der Waals surface area contributed by atoms with Gasteiger partial charge in [-0.15, -0.1) is 0 Å². The first-order valence-electron chi connectivity index (χ1n) is 6.92. The van der Waals surface area contributed by atoms with Crippen LogP contribution < -0.4 is 5.32 Å². The second-order valence-corrected chi connectivity index (χ2v) is 6.08. The van der Waals surface area contributed by atoms with Crippen molar-refractivity contribution in [3.8, 4) is 0 Å². The summed E-state index contributed by atoms with van der Waals surface area (Å²) in [6, 6.07) is 0.533. The van der Waals surface area contributed by atoms with Gasteiger partial charge in [-0.2, -0.15) is 0 Å². The lowest BCUT2D eigenvalue weighted by molar-refractivity contribution is -0.128. The lowest BCUT2D eigenvalue weighted by Crippen LogP contribution is -2.39. The third kappa shape index (κ3) is 5.07. The molecule has 1 amide bonds. The summed E-state index contributed by atoms with van der Waals surface area (Å²) in [7, 11) is 1.86. The van der Waals surface area contributed by atoms with E-state index in [4.69, 9.17) is 0 Å². The maximum Gasteiger partial charge on any atom is 0.236 e. The molecule has 0 aromatic carbocycles. The van der Waals surface area contributed by atoms with E-state index in [1.54, 1.807) is 4.90 Å². The predicted molar refractivity (Wildman–Crippen MR) is 72.0 cm³/mol. The first kappa shape index (κ1) is 14.5. The van der Waals surface area contributed by atoms with Gasteiger partial charge in [0.25, 0.3) is 0 Å². The predicted octanol–water partition coefficient (Wildman–Crippen LogP) is 2.41. The maximum absolute atomic E-state index is 11.7. The fraction of sp³-hybridized carbons (Fsp3) is 0.929. The summed E-state index contributed by atoms with van der Waals surface area (Å²) >= 11 is 0. The Bertz CT molecular complexity index is 251. The van der Waals surface area contributed by atoms with Crippen LogP contribution in [0.4, 0.5) is 0 Å². The molecule has 0 spiro atoms. The molecule has 0 aromatic heterocycles. The number of carbonyl (C=O) groups is 1. The topological polar surface area (TPSA) is 32.3 Å². The number of hydrogen-bond donors (Lipinski definition) is 1. The SMILES string of the molecule is CCN(C)C(=O)CNC1CCCC(C)(C)CC1. The van der Waals surface area contributed by atoms with Crippen LogP contribution in [0.15, 0.2) is 0 Å². The van der Waals surface area contributed by atoms with E-state index in [1.165, 1.54) is 32.1 Å². The molecule has 1 N–H and O–H groups in total. The number of amides is 1. The molecule has 3 nitrogen and oxygen atoms in total. The monoisotopic (exact) mass is 240 g/mol. The van der Waals surface area contributed by atoms with Gasteiger partial charge in [0.2, 0.25) is 5.91 Å². The van der Waals surface area contributed by atoms with Gasteiger partial charge in [-0.3, -0.25) is 4.79 Å². The minimum atomic E-state index is 0.205. The van der Waals surface area contributed by atoms with E-state index in [1.807, 2.05) is 14.0 Å². The van der Waals surface area contributed by atoms with Gasteiger partial charge in [0.05, 0.1) is 6.54 Å². The molecule has 0 radical (unpaired) electrons. The van der Waals surface area contributed by atoms with Gasteiger partial charge in [0, 0.05) is 19.6 Å². The smallest absolute Gasteiger partial charge is 0.236 e. The van der Waals surface area contributed by atoms with Crippen LogP contribution in [0.1, 0.15) is 52.9 Å². The lowest BCUT2D eigenvalue weighted by Gasteiger charge is -2.22. The number of nitrogens with one attached hydrogen (secondary N) is 1. The van der Waals surface area contributed by atoms with Gasteiger partial charge < -0.3 is 10.2 Å². The summed E-state index contributed by atoms with van der Waals surface area (Å²) in [5.74, 6) is 0.205. The summed E-state index contributed by atoms with van der Waals surface area (Å²) in [4.78, 5) is 13.5. The van der Waals surface area contributed by atoms with E-state index in [-0.39, 0.29) is 5.91 Å². The van der Waals surface area contributed by atoms with Gasteiger partial charge in [-0.1, -0.05) is 20.3 Å². The van der Waals surface area contributed by atoms with Gasteiger partial charge in [0.15, 0.2) is 0 Å². The Kier molecular flexibility index (Phi) is 5.44. The zero-order valence-corrected chi connectivity index (χ0v) is 11.9. The summed E-state index contributed by atoms with van der Waals surface area (Å²) in [6.45, 7) is 8.00. The van der Waals surface area contributed by atoms with Gasteiger partial charge >= 0.3 is 0 Å². The van der Waals surface area contributed by atoms with Crippen LogP contribution in [-0.2, 0) is 4.79 Å². The van der Waals surface area contributed by atoms with Crippen LogP contribution in [-0.4, -0.2) is 37.0 Å². The summed E-state index contributed by atoms with van der Waals surface area (Å²) < 4.78 is 0. The van der Waals surface area contributed by atoms with Crippen molar-refractivity contribution in [2.45, 2.75) is 58.9 Å². The molecule has 1 fully saturated rings. The highest BCUT2D eigenvalue weighted by Gasteiger charge is 2.24. The van der Waals surface area contributed by atoms with Gasteiger partial charge in [-0.05, 0) is 38.0 Å². The summed E-state index contributed by atoms with van der Waals surface area (Å²) in [5, 5.41) is 3.42. The average Bonchev–Trinajstić information content (AvgIpc) is 2.46. The van der Waals surface area contributed by atoms with E-state index in [0.29, 0.717) is 18.0 Å². The minimum absolute atomic E-state index is 0.205. The molecule has 0 aromatic rings. The highest BCUT2D eigenvalue weighted by atomic mass is 16.2. The third-order valence-corrected chi connectivity index (χ3v) is 4.02.